The van der Waals surface area contributed by atoms with Crippen molar-refractivity contribution in [2.24, 2.45) is 0 Å². The molecule has 0 unspecified atom stereocenters. The predicted octanol–water partition coefficient (Wildman–Crippen LogP) is 0.195. The van der Waals surface area contributed by atoms with Crippen LogP contribution in [0.25, 0.3) is 0 Å². The third-order valence-corrected chi connectivity index (χ3v) is 0. The molecule has 0 aromatic heterocycles. The molecule has 0 saturated heterocycles. The van der Waals surface area contributed by atoms with Crippen LogP contribution in [-0.2, 0) is 0 Å². The molecular weight excluding hydrogens is 280 g/mol. The molecule has 0 aliphatic carbocycles. The van der Waals surface area contributed by atoms with Crippen molar-refractivity contribution in [2.75, 3.05) is 0 Å². The monoisotopic (exact) mass is 284 g/mol. The van der Waals surface area contributed by atoms with Gasteiger partial charge in [0, 0.05) is 0 Å². The standard InChI is InChI=1S/Ba.Ca.2ClH.H2S.2H/h;;2*1H;1H2;;/q;+2;;;;;/p-2. The normalized spacial score (nSPS) is 2.00. The average Bonchev–Trinajstić information content (AvgIpc) is 0.918. The van der Waals surface area contributed by atoms with E-state index in [0.29, 0.717) is 0 Å². The third kappa shape index (κ3) is 18.2. The first kappa shape index (κ1) is 15.9. The summed E-state index contributed by atoms with van der Waals surface area (Å²) in [6.07, 6.45) is 9.90. The summed E-state index contributed by atoms with van der Waals surface area (Å²) in [5.41, 5.74) is 0. The molecule has 0 aliphatic heterocycles. The molecule has 0 amide bonds. The van der Waals surface area contributed by atoms with Gasteiger partial charge < -0.3 is 0 Å². The molecular formula is H4BaCaCl2S. The first-order chi connectivity index (χ1) is 1.41. The Labute approximate surface area is 103 Å². The summed E-state index contributed by atoms with van der Waals surface area (Å²) >= 11 is -0.931. The Morgan fingerprint density at radius 3 is 1.20 bits per heavy atom. The van der Waals surface area contributed by atoms with Crippen LogP contribution in [0.1, 0.15) is 0 Å². The van der Waals surface area contributed by atoms with Gasteiger partial charge in [-0.2, -0.15) is 13.5 Å². The van der Waals surface area contributed by atoms with Crippen LogP contribution in [0.15, 0.2) is 0 Å². The summed E-state index contributed by atoms with van der Waals surface area (Å²) in [5.74, 6) is 0. The molecule has 0 spiro atoms. The van der Waals surface area contributed by atoms with Gasteiger partial charge in [-0.3, -0.25) is 0 Å². The molecule has 5 heavy (non-hydrogen) atoms. The molecule has 0 aromatic carbocycles. The van der Waals surface area contributed by atoms with Crippen LogP contribution < -0.4 is 0 Å². The van der Waals surface area contributed by atoms with Crippen LogP contribution >= 0.6 is 26.3 Å². The topological polar surface area (TPSA) is 0 Å². The molecule has 5 heteroatoms. The molecule has 0 saturated carbocycles. The second-order valence-electron chi connectivity index (χ2n) is 0.101. The van der Waals surface area contributed by atoms with Gasteiger partial charge in [-0.15, -0.1) is 0 Å². The Morgan fingerprint density at radius 1 is 1.20 bits per heavy atom. The molecule has 0 heterocycles. The van der Waals surface area contributed by atoms with Gasteiger partial charge in [0.05, 0.1) is 0 Å². The zero-order valence-electron chi connectivity index (χ0n) is 1.96. The van der Waals surface area contributed by atoms with Crippen molar-refractivity contribution >= 4 is 106 Å². The van der Waals surface area contributed by atoms with E-state index in [2.05, 4.69) is 0 Å². The van der Waals surface area contributed by atoms with E-state index in [9.17, 15) is 0 Å². The first-order valence-corrected chi connectivity index (χ1v) is 6.61. The van der Waals surface area contributed by atoms with Gasteiger partial charge in [-0.1, -0.05) is 0 Å². The third-order valence-electron chi connectivity index (χ3n) is 0. The van der Waals surface area contributed by atoms with E-state index in [1.165, 1.54) is 0 Å². The zero-order valence-corrected chi connectivity index (χ0v) is 6.68. The average molecular weight is 284 g/mol. The van der Waals surface area contributed by atoms with Crippen molar-refractivity contribution < 1.29 is 0 Å². The van der Waals surface area contributed by atoms with Gasteiger partial charge in [-0.05, 0) is 0 Å². The fourth-order valence-electron chi connectivity index (χ4n) is 0. The van der Waals surface area contributed by atoms with Crippen LogP contribution in [0, 0.1) is 0 Å². The molecule has 0 N–H and O–H groups in total. The zero-order chi connectivity index (χ0) is 2.71. The maximum absolute atomic E-state index is 4.95. The summed E-state index contributed by atoms with van der Waals surface area (Å²) in [7, 11) is 0. The first-order valence-electron chi connectivity index (χ1n) is 0.535. The molecule has 0 atom stereocenters. The summed E-state index contributed by atoms with van der Waals surface area (Å²) in [6.45, 7) is 0. The van der Waals surface area contributed by atoms with E-state index in [1.807, 2.05) is 0 Å². The van der Waals surface area contributed by atoms with Crippen molar-refractivity contribution in [3.63, 3.8) is 0 Å². The predicted molar refractivity (Wildman–Crippen MR) is 36.4 cm³/mol. The molecule has 0 aliphatic rings. The van der Waals surface area contributed by atoms with Crippen LogP contribution in [0.2, 0.25) is 0 Å². The Hall–Kier alpha value is 3.76. The van der Waals surface area contributed by atoms with Crippen molar-refractivity contribution in [3.05, 3.63) is 0 Å². The molecule has 0 radical (unpaired) electrons. The molecule has 28 valence electrons. The fourth-order valence-corrected chi connectivity index (χ4v) is 0. The van der Waals surface area contributed by atoms with E-state index < -0.39 is 30.8 Å². The van der Waals surface area contributed by atoms with E-state index in [1.54, 1.807) is 0 Å². The van der Waals surface area contributed by atoms with Crippen LogP contribution in [0.5, 0.6) is 0 Å². The minimum absolute atomic E-state index is 0. The fraction of sp³-hybridized carbons (Fsp3) is 0. The van der Waals surface area contributed by atoms with Crippen LogP contribution in [-0.4, -0.2) is 79.7 Å². The van der Waals surface area contributed by atoms with Crippen molar-refractivity contribution in [1.29, 1.82) is 0 Å². The van der Waals surface area contributed by atoms with Gasteiger partial charge in [0.15, 0.2) is 0 Å². The number of hydrogen-bond acceptors (Lipinski definition) is 0. The van der Waals surface area contributed by atoms with Gasteiger partial charge in [0.25, 0.3) is 0 Å². The Morgan fingerprint density at radius 2 is 1.20 bits per heavy atom. The molecule has 0 bridgehead atoms. The molecule has 0 aromatic rings. The molecule has 0 fully saturated rings. The molecule has 0 rings (SSSR count). The second-order valence-corrected chi connectivity index (χ2v) is 3.75. The summed E-state index contributed by atoms with van der Waals surface area (Å²) in [6, 6.07) is 0. The van der Waals surface area contributed by atoms with Crippen molar-refractivity contribution in [3.8, 4) is 0 Å². The van der Waals surface area contributed by atoms with Crippen LogP contribution in [0.4, 0.5) is 0 Å². The quantitative estimate of drug-likeness (QED) is 0.557. The minimum atomic E-state index is -0.931. The number of hydrogen-bond donors (Lipinski definition) is 0. The Balaban J connectivity index is -0.0000000200. The second kappa shape index (κ2) is 15.7. The SMILES string of the molecule is S.[BaH2].[Cl][Ca][Cl]. The van der Waals surface area contributed by atoms with Crippen LogP contribution in [0.3, 0.4) is 0 Å². The Bertz CT molecular complexity index is 9.61. The summed E-state index contributed by atoms with van der Waals surface area (Å²) < 4.78 is 0. The number of halogens is 2. The van der Waals surface area contributed by atoms with Crippen molar-refractivity contribution in [1.82, 2.24) is 0 Å². The van der Waals surface area contributed by atoms with Gasteiger partial charge >= 0.3 is 92.5 Å². The van der Waals surface area contributed by atoms with E-state index in [4.69, 9.17) is 12.8 Å². The van der Waals surface area contributed by atoms with E-state index in [0.717, 1.165) is 0 Å². The van der Waals surface area contributed by atoms with Gasteiger partial charge in [0.2, 0.25) is 0 Å². The maximum atomic E-state index is 4.95. The van der Waals surface area contributed by atoms with E-state index >= 15 is 0 Å². The summed E-state index contributed by atoms with van der Waals surface area (Å²) in [4.78, 5) is 0. The summed E-state index contributed by atoms with van der Waals surface area (Å²) in [5, 5.41) is 0. The van der Waals surface area contributed by atoms with Gasteiger partial charge in [-0.25, -0.2) is 0 Å². The van der Waals surface area contributed by atoms with Crippen molar-refractivity contribution in [2.45, 2.75) is 0 Å². The van der Waals surface area contributed by atoms with Gasteiger partial charge in [0.1, 0.15) is 0 Å². The number of rotatable bonds is 0. The molecule has 0 nitrogen and oxygen atoms in total. The Kier molecular flexibility index (Phi) is 49.8. The van der Waals surface area contributed by atoms with E-state index in [-0.39, 0.29) is 62.4 Å².